The second-order valence-electron chi connectivity index (χ2n) is 8.56. The Bertz CT molecular complexity index is 1330. The van der Waals surface area contributed by atoms with E-state index in [2.05, 4.69) is 25.9 Å². The topological polar surface area (TPSA) is 108 Å². The number of nitrogens with zero attached hydrogens (tertiary/aromatic N) is 3. The van der Waals surface area contributed by atoms with E-state index < -0.39 is 23.5 Å². The number of amides is 2. The lowest BCUT2D eigenvalue weighted by molar-refractivity contribution is -0.137. The number of alkyl halides is 3. The van der Waals surface area contributed by atoms with Gasteiger partial charge in [-0.05, 0) is 48.7 Å². The molecule has 2 heterocycles. The minimum Gasteiger partial charge on any atom is -0.383 e. The summed E-state index contributed by atoms with van der Waals surface area (Å²) >= 11 is 0. The summed E-state index contributed by atoms with van der Waals surface area (Å²) in [5, 5.41) is 8.07. The molecule has 200 valence electrons. The maximum atomic E-state index is 13.8. The van der Waals surface area contributed by atoms with Crippen LogP contribution in [-0.4, -0.2) is 49.1 Å². The molecule has 0 radical (unpaired) electrons. The minimum atomic E-state index is -4.73. The molecule has 0 saturated heterocycles. The lowest BCUT2D eigenvalue weighted by Crippen LogP contribution is -2.33. The molecule has 9 nitrogen and oxygen atoms in total. The van der Waals surface area contributed by atoms with Gasteiger partial charge in [-0.15, -0.1) is 0 Å². The highest BCUT2D eigenvalue weighted by atomic mass is 19.4. The highest BCUT2D eigenvalue weighted by Crippen LogP contribution is 2.36. The molecular formula is C26H27F3N6O3. The summed E-state index contributed by atoms with van der Waals surface area (Å²) in [7, 11) is 3.00. The van der Waals surface area contributed by atoms with Crippen LogP contribution in [0.5, 0.6) is 0 Å². The third-order valence-electron chi connectivity index (χ3n) is 6.03. The Hall–Kier alpha value is -4.19. The van der Waals surface area contributed by atoms with Crippen molar-refractivity contribution in [3.8, 4) is 0 Å². The molecule has 1 aromatic heterocycles. The first-order valence-corrected chi connectivity index (χ1v) is 11.9. The monoisotopic (exact) mass is 528 g/mol. The summed E-state index contributed by atoms with van der Waals surface area (Å²) in [6.07, 6.45) is -2.29. The molecule has 3 aromatic rings. The molecule has 0 fully saturated rings. The van der Waals surface area contributed by atoms with Gasteiger partial charge < -0.3 is 25.6 Å². The second-order valence-corrected chi connectivity index (χ2v) is 8.56. The molecule has 1 aliphatic heterocycles. The SMILES string of the molecule is CNC(=O)c1ccccc1Nc1nc(Nc2ccc3c(c2)CCCC(=O)N3CCOC)ncc1C(F)(F)F. The molecule has 2 amide bonds. The zero-order valence-corrected chi connectivity index (χ0v) is 20.9. The van der Waals surface area contributed by atoms with E-state index >= 15 is 0 Å². The van der Waals surface area contributed by atoms with Gasteiger partial charge in [-0.3, -0.25) is 9.59 Å². The number of aryl methyl sites for hydroxylation is 1. The number of rotatable bonds is 8. The van der Waals surface area contributed by atoms with Crippen molar-refractivity contribution in [2.75, 3.05) is 42.8 Å². The van der Waals surface area contributed by atoms with Crippen LogP contribution in [0, 0.1) is 0 Å². The number of aromatic nitrogens is 2. The van der Waals surface area contributed by atoms with Crippen LogP contribution in [0.4, 0.5) is 42.0 Å². The summed E-state index contributed by atoms with van der Waals surface area (Å²) in [6.45, 7) is 0.813. The van der Waals surface area contributed by atoms with Gasteiger partial charge in [0, 0.05) is 44.7 Å². The van der Waals surface area contributed by atoms with Gasteiger partial charge in [-0.2, -0.15) is 18.2 Å². The van der Waals surface area contributed by atoms with Crippen LogP contribution in [0.1, 0.15) is 34.3 Å². The Morgan fingerprint density at radius 1 is 1.13 bits per heavy atom. The van der Waals surface area contributed by atoms with Crippen LogP contribution < -0.4 is 20.9 Å². The summed E-state index contributed by atoms with van der Waals surface area (Å²) < 4.78 is 46.4. The quantitative estimate of drug-likeness (QED) is 0.390. The number of hydrogen-bond acceptors (Lipinski definition) is 7. The van der Waals surface area contributed by atoms with Crippen molar-refractivity contribution in [2.24, 2.45) is 0 Å². The molecule has 4 rings (SSSR count). The second kappa shape index (κ2) is 11.5. The van der Waals surface area contributed by atoms with Crippen molar-refractivity contribution in [1.82, 2.24) is 15.3 Å². The van der Waals surface area contributed by atoms with E-state index in [0.717, 1.165) is 11.3 Å². The van der Waals surface area contributed by atoms with Gasteiger partial charge in [0.2, 0.25) is 11.9 Å². The molecule has 12 heteroatoms. The number of methoxy groups -OCH3 is 1. The smallest absolute Gasteiger partial charge is 0.383 e. The van der Waals surface area contributed by atoms with E-state index in [0.29, 0.717) is 44.3 Å². The molecule has 2 aromatic carbocycles. The number of para-hydroxylation sites is 1. The van der Waals surface area contributed by atoms with Gasteiger partial charge in [-0.25, -0.2) is 4.98 Å². The Morgan fingerprint density at radius 2 is 1.92 bits per heavy atom. The summed E-state index contributed by atoms with van der Waals surface area (Å²) in [6, 6.07) is 11.5. The van der Waals surface area contributed by atoms with Crippen LogP contribution >= 0.6 is 0 Å². The number of anilines is 5. The predicted octanol–water partition coefficient (Wildman–Crippen LogP) is 4.66. The molecular weight excluding hydrogens is 501 g/mol. The fourth-order valence-electron chi connectivity index (χ4n) is 4.18. The molecule has 0 atom stereocenters. The lowest BCUT2D eigenvalue weighted by Gasteiger charge is -2.23. The first-order valence-electron chi connectivity index (χ1n) is 11.9. The normalized spacial score (nSPS) is 13.5. The van der Waals surface area contributed by atoms with Crippen molar-refractivity contribution in [2.45, 2.75) is 25.4 Å². The number of carbonyl (C=O) groups excluding carboxylic acids is 2. The van der Waals surface area contributed by atoms with Gasteiger partial charge in [0.1, 0.15) is 11.4 Å². The molecule has 3 N–H and O–H groups in total. The van der Waals surface area contributed by atoms with Crippen LogP contribution in [0.2, 0.25) is 0 Å². The van der Waals surface area contributed by atoms with Gasteiger partial charge in [0.05, 0.1) is 17.9 Å². The highest BCUT2D eigenvalue weighted by molar-refractivity contribution is 6.00. The van der Waals surface area contributed by atoms with Crippen molar-refractivity contribution < 1.29 is 27.5 Å². The molecule has 0 unspecified atom stereocenters. The van der Waals surface area contributed by atoms with Gasteiger partial charge >= 0.3 is 6.18 Å². The number of fused-ring (bicyclic) bond motifs is 1. The average molecular weight is 529 g/mol. The lowest BCUT2D eigenvalue weighted by atomic mass is 10.1. The molecule has 0 spiro atoms. The number of hydrogen-bond donors (Lipinski definition) is 3. The summed E-state index contributed by atoms with van der Waals surface area (Å²) in [5.74, 6) is -1.02. The zero-order chi connectivity index (χ0) is 27.3. The van der Waals surface area contributed by atoms with Crippen molar-refractivity contribution in [3.63, 3.8) is 0 Å². The van der Waals surface area contributed by atoms with Gasteiger partial charge in [-0.1, -0.05) is 12.1 Å². The van der Waals surface area contributed by atoms with Crippen LogP contribution in [0.15, 0.2) is 48.7 Å². The van der Waals surface area contributed by atoms with E-state index in [9.17, 15) is 22.8 Å². The number of benzene rings is 2. The Labute approximate surface area is 217 Å². The third-order valence-corrected chi connectivity index (χ3v) is 6.03. The van der Waals surface area contributed by atoms with Crippen molar-refractivity contribution in [3.05, 3.63) is 65.4 Å². The van der Waals surface area contributed by atoms with Crippen molar-refractivity contribution in [1.29, 1.82) is 0 Å². The first kappa shape index (κ1) is 26.9. The third kappa shape index (κ3) is 6.02. The molecule has 0 saturated carbocycles. The minimum absolute atomic E-state index is 0.0142. The molecule has 0 bridgehead atoms. The predicted molar refractivity (Wildman–Crippen MR) is 137 cm³/mol. The average Bonchev–Trinajstić information content (AvgIpc) is 3.04. The van der Waals surface area contributed by atoms with E-state index in [1.165, 1.54) is 19.2 Å². The molecule has 38 heavy (non-hydrogen) atoms. The molecule has 1 aliphatic rings. The van der Waals surface area contributed by atoms with Crippen molar-refractivity contribution >= 4 is 40.6 Å². The first-order chi connectivity index (χ1) is 18.2. The largest absolute Gasteiger partial charge is 0.421 e. The maximum Gasteiger partial charge on any atom is 0.421 e. The summed E-state index contributed by atoms with van der Waals surface area (Å²) in [5.41, 5.74) is 1.49. The number of carbonyl (C=O) groups is 2. The summed E-state index contributed by atoms with van der Waals surface area (Å²) in [4.78, 5) is 34.4. The van der Waals surface area contributed by atoms with E-state index in [1.807, 2.05) is 6.07 Å². The zero-order valence-electron chi connectivity index (χ0n) is 20.9. The van der Waals surface area contributed by atoms with Gasteiger partial charge in [0.25, 0.3) is 5.91 Å². The fraction of sp³-hybridized carbons (Fsp3) is 0.308. The standard InChI is InChI=1S/C26H27F3N6O3/c1-30-24(37)18-7-3-4-8-20(18)33-23-19(26(27,28)29)15-31-25(34-23)32-17-10-11-21-16(14-17)6-5-9-22(36)35(21)12-13-38-2/h3-4,7-8,10-11,14-15H,5-6,9,12-13H2,1-2H3,(H,30,37)(H2,31,32,33,34). The Balaban J connectivity index is 1.65. The van der Waals surface area contributed by atoms with Crippen LogP contribution in [-0.2, 0) is 22.1 Å². The Kier molecular flexibility index (Phi) is 8.10. The van der Waals surface area contributed by atoms with Gasteiger partial charge in [0.15, 0.2) is 0 Å². The fourth-order valence-corrected chi connectivity index (χ4v) is 4.18. The van der Waals surface area contributed by atoms with Crippen LogP contribution in [0.25, 0.3) is 0 Å². The molecule has 0 aliphatic carbocycles. The van der Waals surface area contributed by atoms with E-state index in [1.54, 1.807) is 36.3 Å². The van der Waals surface area contributed by atoms with E-state index in [-0.39, 0.29) is 23.1 Å². The maximum absolute atomic E-state index is 13.8. The Morgan fingerprint density at radius 3 is 2.66 bits per heavy atom. The van der Waals surface area contributed by atoms with Crippen LogP contribution in [0.3, 0.4) is 0 Å². The number of halogens is 3. The number of nitrogens with one attached hydrogen (secondary N) is 3. The van der Waals surface area contributed by atoms with E-state index in [4.69, 9.17) is 4.74 Å². The highest BCUT2D eigenvalue weighted by Gasteiger charge is 2.35. The number of ether oxygens (including phenoxy) is 1.